The third kappa shape index (κ3) is 2.49. The molecule has 0 saturated carbocycles. The van der Waals surface area contributed by atoms with Gasteiger partial charge in [0.2, 0.25) is 0 Å². The van der Waals surface area contributed by atoms with E-state index in [1.165, 1.54) is 0 Å². The highest BCUT2D eigenvalue weighted by molar-refractivity contribution is 7.25. The van der Waals surface area contributed by atoms with Crippen molar-refractivity contribution >= 4 is 37.6 Å². The van der Waals surface area contributed by atoms with Crippen molar-refractivity contribution in [3.05, 3.63) is 42.9 Å². The van der Waals surface area contributed by atoms with Crippen LogP contribution in [0.25, 0.3) is 31.8 Å². The third-order valence-corrected chi connectivity index (χ3v) is 4.58. The van der Waals surface area contributed by atoms with Gasteiger partial charge in [0.25, 0.3) is 0 Å². The number of hydrogen-bond acceptors (Lipinski definition) is 7. The van der Waals surface area contributed by atoms with E-state index in [1.54, 1.807) is 29.9 Å². The zero-order chi connectivity index (χ0) is 15.6. The molecule has 0 bridgehead atoms. The quantitative estimate of drug-likeness (QED) is 0.600. The van der Waals surface area contributed by atoms with E-state index >= 15 is 0 Å². The summed E-state index contributed by atoms with van der Waals surface area (Å²) in [4.78, 5) is 18.9. The van der Waals surface area contributed by atoms with E-state index < -0.39 is 0 Å². The van der Waals surface area contributed by atoms with E-state index in [9.17, 15) is 0 Å². The highest BCUT2D eigenvalue weighted by Crippen LogP contribution is 2.36. The second-order valence-corrected chi connectivity index (χ2v) is 5.98. The van der Waals surface area contributed by atoms with Crippen molar-refractivity contribution in [1.29, 1.82) is 0 Å². The molecule has 23 heavy (non-hydrogen) atoms. The number of fused-ring (bicyclic) bond motifs is 3. The van der Waals surface area contributed by atoms with E-state index in [1.807, 2.05) is 24.3 Å². The van der Waals surface area contributed by atoms with Crippen LogP contribution >= 0.6 is 11.3 Å². The first-order chi connectivity index (χ1) is 11.4. The molecule has 0 aromatic carbocycles. The first-order valence-corrected chi connectivity index (χ1v) is 8.08. The van der Waals surface area contributed by atoms with Gasteiger partial charge < -0.3 is 11.1 Å². The Morgan fingerprint density at radius 1 is 1.09 bits per heavy atom. The molecule has 0 aliphatic heterocycles. The molecule has 6 nitrogen and oxygen atoms in total. The summed E-state index contributed by atoms with van der Waals surface area (Å²) in [6.45, 7) is 1.20. The van der Waals surface area contributed by atoms with Gasteiger partial charge in [0.1, 0.15) is 10.6 Å². The Morgan fingerprint density at radius 2 is 1.96 bits per heavy atom. The first kappa shape index (κ1) is 14.0. The second kappa shape index (κ2) is 5.86. The minimum absolute atomic E-state index is 0.541. The van der Waals surface area contributed by atoms with E-state index in [4.69, 9.17) is 10.7 Å². The Bertz CT molecular complexity index is 966. The summed E-state index contributed by atoms with van der Waals surface area (Å²) in [5.41, 5.74) is 7.47. The van der Waals surface area contributed by atoms with E-state index in [2.05, 4.69) is 20.3 Å². The Kier molecular flexibility index (Phi) is 3.57. The van der Waals surface area contributed by atoms with Gasteiger partial charge in [-0.2, -0.15) is 0 Å². The fraction of sp³-hybridized carbons (Fsp3) is 0.125. The van der Waals surface area contributed by atoms with Crippen LogP contribution < -0.4 is 11.1 Å². The van der Waals surface area contributed by atoms with E-state index in [-0.39, 0.29) is 0 Å². The number of pyridine rings is 2. The lowest BCUT2D eigenvalue weighted by molar-refractivity contribution is 1.01. The molecule has 114 valence electrons. The molecule has 0 amide bonds. The maximum absolute atomic E-state index is 5.62. The first-order valence-electron chi connectivity index (χ1n) is 7.26. The fourth-order valence-electron chi connectivity index (χ4n) is 2.42. The molecule has 4 heterocycles. The van der Waals surface area contributed by atoms with Gasteiger partial charge in [0.15, 0.2) is 5.82 Å². The predicted molar refractivity (Wildman–Crippen MR) is 93.5 cm³/mol. The van der Waals surface area contributed by atoms with E-state index in [0.29, 0.717) is 18.9 Å². The van der Waals surface area contributed by atoms with Crippen molar-refractivity contribution in [2.45, 2.75) is 0 Å². The summed E-state index contributed by atoms with van der Waals surface area (Å²) in [7, 11) is 0. The molecule has 0 aliphatic carbocycles. The van der Waals surface area contributed by atoms with Crippen LogP contribution in [0.1, 0.15) is 0 Å². The monoisotopic (exact) mass is 322 g/mol. The van der Waals surface area contributed by atoms with Crippen molar-refractivity contribution in [2.24, 2.45) is 5.73 Å². The van der Waals surface area contributed by atoms with Crippen LogP contribution in [0.4, 0.5) is 5.82 Å². The SMILES string of the molecule is NCCNc1nc(-c2ccncc2)nc2c1sc1ncccc12. The molecule has 0 atom stereocenters. The minimum atomic E-state index is 0.541. The number of rotatable bonds is 4. The lowest BCUT2D eigenvalue weighted by Gasteiger charge is -2.07. The average Bonchev–Trinajstić information content (AvgIpc) is 2.99. The molecular weight excluding hydrogens is 308 g/mol. The number of nitrogens with zero attached hydrogens (tertiary/aromatic N) is 4. The molecule has 4 rings (SSSR count). The van der Waals surface area contributed by atoms with Crippen LogP contribution in [0.3, 0.4) is 0 Å². The molecule has 0 radical (unpaired) electrons. The summed E-state index contributed by atoms with van der Waals surface area (Å²) in [5.74, 6) is 1.47. The van der Waals surface area contributed by atoms with Crippen LogP contribution in [0, 0.1) is 0 Å². The van der Waals surface area contributed by atoms with Gasteiger partial charge in [-0.3, -0.25) is 4.98 Å². The Labute approximate surface area is 136 Å². The van der Waals surface area contributed by atoms with Crippen molar-refractivity contribution < 1.29 is 0 Å². The molecule has 4 aromatic heterocycles. The highest BCUT2D eigenvalue weighted by Gasteiger charge is 2.15. The molecule has 0 saturated heterocycles. The molecule has 0 unspecified atom stereocenters. The topological polar surface area (TPSA) is 89.6 Å². The van der Waals surface area contributed by atoms with Gasteiger partial charge in [-0.05, 0) is 24.3 Å². The van der Waals surface area contributed by atoms with Crippen molar-refractivity contribution in [1.82, 2.24) is 19.9 Å². The molecule has 4 aromatic rings. The number of thiophene rings is 1. The number of hydrogen-bond donors (Lipinski definition) is 2. The van der Waals surface area contributed by atoms with Gasteiger partial charge in [-0.1, -0.05) is 0 Å². The summed E-state index contributed by atoms with van der Waals surface area (Å²) < 4.78 is 1.00. The number of nitrogens with one attached hydrogen (secondary N) is 1. The number of anilines is 1. The van der Waals surface area contributed by atoms with Crippen molar-refractivity contribution in [3.63, 3.8) is 0 Å². The smallest absolute Gasteiger partial charge is 0.162 e. The maximum Gasteiger partial charge on any atom is 0.162 e. The zero-order valence-electron chi connectivity index (χ0n) is 12.2. The summed E-state index contributed by atoms with van der Waals surface area (Å²) in [6, 6.07) is 7.77. The van der Waals surface area contributed by atoms with Crippen molar-refractivity contribution in [2.75, 3.05) is 18.4 Å². The summed E-state index contributed by atoms with van der Waals surface area (Å²) >= 11 is 1.59. The van der Waals surface area contributed by atoms with Gasteiger partial charge >= 0.3 is 0 Å². The van der Waals surface area contributed by atoms with Crippen molar-refractivity contribution in [3.8, 4) is 11.4 Å². The Morgan fingerprint density at radius 3 is 2.78 bits per heavy atom. The highest BCUT2D eigenvalue weighted by atomic mass is 32.1. The largest absolute Gasteiger partial charge is 0.367 e. The summed E-state index contributed by atoms with van der Waals surface area (Å²) in [5, 5.41) is 4.34. The van der Waals surface area contributed by atoms with Gasteiger partial charge in [0.05, 0.1) is 10.2 Å². The maximum atomic E-state index is 5.62. The molecule has 0 spiro atoms. The third-order valence-electron chi connectivity index (χ3n) is 3.47. The van der Waals surface area contributed by atoms with E-state index in [0.717, 1.165) is 31.8 Å². The van der Waals surface area contributed by atoms with Gasteiger partial charge in [-0.25, -0.2) is 15.0 Å². The molecule has 0 fully saturated rings. The normalized spacial score (nSPS) is 11.2. The Balaban J connectivity index is 1.99. The van der Waals surface area contributed by atoms with Crippen LogP contribution in [0.2, 0.25) is 0 Å². The molecule has 7 heteroatoms. The number of nitrogens with two attached hydrogens (primary N) is 1. The molecular formula is C16H14N6S. The zero-order valence-corrected chi connectivity index (χ0v) is 13.0. The van der Waals surface area contributed by atoms with Crippen LogP contribution in [-0.2, 0) is 0 Å². The Hall–Kier alpha value is -2.64. The second-order valence-electron chi connectivity index (χ2n) is 4.98. The minimum Gasteiger partial charge on any atom is -0.367 e. The molecule has 3 N–H and O–H groups in total. The predicted octanol–water partition coefficient (Wildman–Crippen LogP) is 2.67. The van der Waals surface area contributed by atoms with Crippen LogP contribution in [0.15, 0.2) is 42.9 Å². The fourth-order valence-corrected chi connectivity index (χ4v) is 3.47. The van der Waals surface area contributed by atoms with Crippen LogP contribution in [-0.4, -0.2) is 33.0 Å². The lowest BCUT2D eigenvalue weighted by Crippen LogP contribution is -2.14. The van der Waals surface area contributed by atoms with Gasteiger partial charge in [0, 0.05) is 42.6 Å². The average molecular weight is 322 g/mol. The van der Waals surface area contributed by atoms with Gasteiger partial charge in [-0.15, -0.1) is 11.3 Å². The lowest BCUT2D eigenvalue weighted by atomic mass is 10.2. The molecule has 0 aliphatic rings. The number of aromatic nitrogens is 4. The summed E-state index contributed by atoms with van der Waals surface area (Å²) in [6.07, 6.45) is 5.27. The standard InChI is InChI=1S/C16H14N6S/c17-5-9-19-15-13-12(11-2-1-6-20-16(11)23-13)21-14(22-15)10-3-7-18-8-4-10/h1-4,6-8H,5,9,17H2,(H,19,21,22). The van der Waals surface area contributed by atoms with Crippen LogP contribution in [0.5, 0.6) is 0 Å².